The average molecular weight is 583 g/mol. The lowest BCUT2D eigenvalue weighted by atomic mass is 10.0. The number of aliphatic carboxylic acids is 1. The second-order valence-electron chi connectivity index (χ2n) is 8.73. The number of nitrogens with zero attached hydrogens (tertiary/aromatic N) is 4. The Morgan fingerprint density at radius 2 is 2.12 bits per heavy atom. The van der Waals surface area contributed by atoms with Gasteiger partial charge >= 0.3 is 5.97 Å². The Morgan fingerprint density at radius 3 is 2.83 bits per heavy atom. The minimum Gasteiger partial charge on any atom is -0.504 e. The van der Waals surface area contributed by atoms with Gasteiger partial charge in [-0.3, -0.25) is 19.3 Å². The Balaban J connectivity index is 1.31. The van der Waals surface area contributed by atoms with Gasteiger partial charge in [-0.15, -0.1) is 23.1 Å². The number of phenols is 1. The molecule has 4 heterocycles. The first kappa shape index (κ1) is 27.0. The van der Waals surface area contributed by atoms with Crippen LogP contribution in [0.1, 0.15) is 5.69 Å². The maximum Gasteiger partial charge on any atom is 0.352 e. The lowest BCUT2D eigenvalue weighted by molar-refractivity contribution is -0.150. The molecule has 0 spiro atoms. The summed E-state index contributed by atoms with van der Waals surface area (Å²) in [6.07, 6.45) is 6.92. The normalized spacial score (nSPS) is 19.1. The van der Waals surface area contributed by atoms with E-state index in [2.05, 4.69) is 15.5 Å². The van der Waals surface area contributed by atoms with E-state index in [4.69, 9.17) is 10.6 Å². The SMILES string of the molecule is CO/N=C(\C(=O)NC1C(=O)N2C(C(=O)O)=C(/C=C/Cn3ccc4cc(=O)c(O)cc-4c3)CSC12)c1csc(N)n1. The summed E-state index contributed by atoms with van der Waals surface area (Å²) in [6, 6.07) is 3.52. The number of hydrogen-bond donors (Lipinski definition) is 4. The molecule has 1 fully saturated rings. The third-order valence-corrected chi connectivity index (χ3v) is 8.18. The van der Waals surface area contributed by atoms with E-state index in [-0.39, 0.29) is 28.0 Å². The zero-order chi connectivity index (χ0) is 28.6. The predicted octanol–water partition coefficient (Wildman–Crippen LogP) is 1.04. The highest BCUT2D eigenvalue weighted by Gasteiger charge is 2.54. The molecule has 1 saturated heterocycles. The predicted molar refractivity (Wildman–Crippen MR) is 148 cm³/mol. The average Bonchev–Trinajstić information content (AvgIpc) is 3.36. The molecule has 13 nitrogen and oxygen atoms in total. The zero-order valence-corrected chi connectivity index (χ0v) is 22.4. The van der Waals surface area contributed by atoms with E-state index in [0.29, 0.717) is 29.0 Å². The topological polar surface area (TPSA) is 189 Å². The van der Waals surface area contributed by atoms with Crippen LogP contribution in [0.25, 0.3) is 11.1 Å². The van der Waals surface area contributed by atoms with Crippen LogP contribution in [0.2, 0.25) is 0 Å². The number of anilines is 1. The van der Waals surface area contributed by atoms with E-state index >= 15 is 0 Å². The van der Waals surface area contributed by atoms with Crippen molar-refractivity contribution in [3.8, 4) is 16.9 Å². The number of nitrogen functional groups attached to an aromatic ring is 1. The van der Waals surface area contributed by atoms with Crippen molar-refractivity contribution >= 4 is 51.7 Å². The fourth-order valence-corrected chi connectivity index (χ4v) is 6.22. The third kappa shape index (κ3) is 5.03. The number of carboxylic acids is 1. The molecule has 1 aromatic heterocycles. The minimum atomic E-state index is -1.26. The molecule has 2 amide bonds. The second-order valence-corrected chi connectivity index (χ2v) is 10.7. The molecule has 2 unspecified atom stereocenters. The molecule has 0 bridgehead atoms. The number of hydrogen-bond acceptors (Lipinski definition) is 11. The number of aromatic hydroxyl groups is 1. The van der Waals surface area contributed by atoms with Gasteiger partial charge in [0.1, 0.15) is 29.9 Å². The largest absolute Gasteiger partial charge is 0.504 e. The van der Waals surface area contributed by atoms with Crippen LogP contribution < -0.4 is 16.5 Å². The number of carbonyl (C=O) groups is 3. The van der Waals surface area contributed by atoms with Gasteiger partial charge in [-0.1, -0.05) is 17.3 Å². The number of carboxylic acid groups (broad SMARTS) is 1. The summed E-state index contributed by atoms with van der Waals surface area (Å²) in [6.45, 7) is 0.371. The van der Waals surface area contributed by atoms with Gasteiger partial charge in [0, 0.05) is 35.6 Å². The standard InChI is InChI=1S/C25H22N6O7S2/c1-38-29-18(15-11-40-25(26)27-15)21(34)28-19-22(35)31-20(24(36)37)13(10-39-23(19)31)3-2-5-30-6-4-12-7-16(32)17(33)8-14(12)9-30/h2-4,6-9,11,19,23,33H,5,10H2,1H3,(H2,26,27)(H,28,34)(H,36,37)/b3-2+,29-18-. The molecule has 40 heavy (non-hydrogen) atoms. The number of β-lactam (4-membered cyclic amide) rings is 1. The number of thioether (sulfide) groups is 1. The Morgan fingerprint density at radius 1 is 1.32 bits per heavy atom. The number of fused-ring (bicyclic) bond motifs is 2. The van der Waals surface area contributed by atoms with Crippen molar-refractivity contribution in [3.63, 3.8) is 0 Å². The van der Waals surface area contributed by atoms with Crippen LogP contribution in [-0.2, 0) is 25.8 Å². The number of phenolic OH excluding ortho intramolecular Hbond substituents is 1. The Labute approximate surface area is 234 Å². The quantitative estimate of drug-likeness (QED) is 0.170. The summed E-state index contributed by atoms with van der Waals surface area (Å²) in [5.41, 5.74) is 6.88. The molecule has 5 rings (SSSR count). The molecule has 206 valence electrons. The molecule has 1 aliphatic carbocycles. The number of amides is 2. The first-order valence-corrected chi connectivity index (χ1v) is 13.6. The number of oxime groups is 1. The second kappa shape index (κ2) is 10.9. The van der Waals surface area contributed by atoms with Crippen molar-refractivity contribution in [2.45, 2.75) is 18.0 Å². The van der Waals surface area contributed by atoms with Crippen molar-refractivity contribution in [2.24, 2.45) is 5.16 Å². The van der Waals surface area contributed by atoms with Crippen LogP contribution in [0.5, 0.6) is 5.75 Å². The Bertz CT molecular complexity index is 1640. The van der Waals surface area contributed by atoms with Crippen LogP contribution in [-0.4, -0.2) is 72.4 Å². The number of pyridine rings is 1. The van der Waals surface area contributed by atoms with E-state index in [1.54, 1.807) is 35.2 Å². The highest BCUT2D eigenvalue weighted by molar-refractivity contribution is 8.00. The summed E-state index contributed by atoms with van der Waals surface area (Å²) in [5.74, 6) is -2.57. The van der Waals surface area contributed by atoms with Gasteiger partial charge in [0.05, 0.1) is 0 Å². The van der Waals surface area contributed by atoms with Gasteiger partial charge in [-0.2, -0.15) is 0 Å². The van der Waals surface area contributed by atoms with Gasteiger partial charge in [-0.05, 0) is 29.3 Å². The fraction of sp³-hybridized carbons (Fsp3) is 0.200. The molecule has 15 heteroatoms. The number of nitrogens with one attached hydrogen (secondary N) is 1. The van der Waals surface area contributed by atoms with Crippen molar-refractivity contribution in [3.05, 3.63) is 75.3 Å². The number of aromatic nitrogens is 2. The van der Waals surface area contributed by atoms with Crippen LogP contribution in [0.4, 0.5) is 5.13 Å². The lowest BCUT2D eigenvalue weighted by Gasteiger charge is -2.49. The van der Waals surface area contributed by atoms with E-state index in [0.717, 1.165) is 11.3 Å². The number of carbonyl (C=O) groups excluding carboxylic acids is 2. The first-order valence-electron chi connectivity index (χ1n) is 11.7. The van der Waals surface area contributed by atoms with E-state index in [9.17, 15) is 29.4 Å². The Hall–Kier alpha value is -4.63. The van der Waals surface area contributed by atoms with Crippen LogP contribution in [0.3, 0.4) is 0 Å². The summed E-state index contributed by atoms with van der Waals surface area (Å²) in [4.78, 5) is 59.6. The highest BCUT2D eigenvalue weighted by Crippen LogP contribution is 2.40. The summed E-state index contributed by atoms with van der Waals surface area (Å²) in [5, 5.41) is 27.1. The molecule has 0 radical (unpaired) electrons. The van der Waals surface area contributed by atoms with Crippen molar-refractivity contribution in [1.82, 2.24) is 19.8 Å². The molecular formula is C25H22N6O7S2. The van der Waals surface area contributed by atoms with Crippen LogP contribution in [0.15, 0.2) is 69.3 Å². The van der Waals surface area contributed by atoms with Crippen molar-refractivity contribution < 1.29 is 29.4 Å². The Kier molecular flexibility index (Phi) is 7.32. The zero-order valence-electron chi connectivity index (χ0n) is 20.8. The van der Waals surface area contributed by atoms with Gasteiger partial charge in [-0.25, -0.2) is 9.78 Å². The van der Waals surface area contributed by atoms with Gasteiger partial charge < -0.3 is 30.7 Å². The number of rotatable bonds is 8. The maximum absolute atomic E-state index is 13.0. The first-order chi connectivity index (χ1) is 19.2. The van der Waals surface area contributed by atoms with E-state index in [1.807, 2.05) is 0 Å². The van der Waals surface area contributed by atoms with Crippen molar-refractivity contribution in [1.29, 1.82) is 0 Å². The van der Waals surface area contributed by atoms with Gasteiger partial charge in [0.25, 0.3) is 11.8 Å². The maximum atomic E-state index is 13.0. The molecule has 0 aromatic carbocycles. The lowest BCUT2D eigenvalue weighted by Crippen LogP contribution is -2.71. The summed E-state index contributed by atoms with van der Waals surface area (Å²) < 4.78 is 1.80. The van der Waals surface area contributed by atoms with Gasteiger partial charge in [0.15, 0.2) is 16.6 Å². The molecule has 0 saturated carbocycles. The summed E-state index contributed by atoms with van der Waals surface area (Å²) in [7, 11) is 1.27. The molecule has 1 aromatic rings. The molecular weight excluding hydrogens is 560 g/mol. The van der Waals surface area contributed by atoms with E-state index < -0.39 is 34.6 Å². The fourth-order valence-electron chi connectivity index (χ4n) is 4.36. The monoisotopic (exact) mass is 582 g/mol. The highest BCUT2D eigenvalue weighted by atomic mass is 32.2. The molecule has 3 aliphatic heterocycles. The molecule has 4 aliphatic rings. The van der Waals surface area contributed by atoms with Gasteiger partial charge in [0.2, 0.25) is 5.43 Å². The van der Waals surface area contributed by atoms with Crippen LogP contribution >= 0.6 is 23.1 Å². The smallest absolute Gasteiger partial charge is 0.352 e. The minimum absolute atomic E-state index is 0.148. The number of thiazole rings is 1. The van der Waals surface area contributed by atoms with Crippen LogP contribution in [0, 0.1) is 0 Å². The molecule has 5 N–H and O–H groups in total. The third-order valence-electron chi connectivity index (χ3n) is 6.20. The summed E-state index contributed by atoms with van der Waals surface area (Å²) >= 11 is 2.43. The van der Waals surface area contributed by atoms with Crippen molar-refractivity contribution in [2.75, 3.05) is 18.6 Å². The van der Waals surface area contributed by atoms with E-state index in [1.165, 1.54) is 41.3 Å². The number of nitrogens with two attached hydrogens (primary N) is 1. The number of allylic oxidation sites excluding steroid dienone is 2. The molecule has 2 atom stereocenters. The number of benzene rings is 1.